The molecule has 0 aliphatic carbocycles. The number of carboxylic acids is 1. The minimum atomic E-state index is -1.000. The lowest BCUT2D eigenvalue weighted by atomic mass is 10.1. The maximum atomic E-state index is 12.0. The van der Waals surface area contributed by atoms with Crippen molar-refractivity contribution in [2.24, 2.45) is 4.99 Å². The Morgan fingerprint density at radius 3 is 2.65 bits per heavy atom. The molecule has 1 aliphatic heterocycles. The van der Waals surface area contributed by atoms with E-state index in [1.165, 1.54) is 23.9 Å². The number of nitrogens with zero attached hydrogens (tertiary/aromatic N) is 1. The van der Waals surface area contributed by atoms with Gasteiger partial charge in [-0.2, -0.15) is 0 Å². The fourth-order valence-corrected chi connectivity index (χ4v) is 2.85. The molecular formula is C17H12N2O3S. The Morgan fingerprint density at radius 1 is 1.13 bits per heavy atom. The lowest BCUT2D eigenvalue weighted by molar-refractivity contribution is -0.115. The smallest absolute Gasteiger partial charge is 0.335 e. The first-order valence-corrected chi connectivity index (χ1v) is 7.61. The molecule has 1 heterocycles. The molecule has 0 atom stereocenters. The zero-order valence-corrected chi connectivity index (χ0v) is 12.7. The van der Waals surface area contributed by atoms with Crippen LogP contribution in [0.25, 0.3) is 6.08 Å². The van der Waals surface area contributed by atoms with Gasteiger partial charge >= 0.3 is 5.97 Å². The SMILES string of the molecule is O=C1NC(=Nc2ccccc2)S/C1=C\c1cccc(C(=O)O)c1. The topological polar surface area (TPSA) is 78.8 Å². The lowest BCUT2D eigenvalue weighted by Gasteiger charge is -1.97. The van der Waals surface area contributed by atoms with Crippen molar-refractivity contribution in [3.8, 4) is 0 Å². The van der Waals surface area contributed by atoms with Crippen LogP contribution in [0.1, 0.15) is 15.9 Å². The van der Waals surface area contributed by atoms with Crippen molar-refractivity contribution in [1.29, 1.82) is 0 Å². The number of hydrogen-bond donors (Lipinski definition) is 2. The minimum Gasteiger partial charge on any atom is -0.478 e. The second kappa shape index (κ2) is 6.50. The molecule has 0 unspecified atom stereocenters. The summed E-state index contributed by atoms with van der Waals surface area (Å²) in [6.07, 6.45) is 1.65. The molecule has 0 radical (unpaired) electrons. The summed E-state index contributed by atoms with van der Waals surface area (Å²) in [7, 11) is 0. The highest BCUT2D eigenvalue weighted by Crippen LogP contribution is 2.28. The summed E-state index contributed by atoms with van der Waals surface area (Å²) in [6, 6.07) is 15.8. The first-order chi connectivity index (χ1) is 11.1. The van der Waals surface area contributed by atoms with Gasteiger partial charge in [0.1, 0.15) is 0 Å². The Kier molecular flexibility index (Phi) is 4.25. The fourth-order valence-electron chi connectivity index (χ4n) is 2.01. The number of para-hydroxylation sites is 1. The number of carboxylic acid groups (broad SMARTS) is 1. The number of amides is 1. The van der Waals surface area contributed by atoms with Gasteiger partial charge in [-0.05, 0) is 47.7 Å². The van der Waals surface area contributed by atoms with Gasteiger partial charge in [0.2, 0.25) is 0 Å². The summed E-state index contributed by atoms with van der Waals surface area (Å²) in [5, 5.41) is 12.2. The predicted octanol–water partition coefficient (Wildman–Crippen LogP) is 3.28. The van der Waals surface area contributed by atoms with Crippen molar-refractivity contribution in [3.05, 3.63) is 70.6 Å². The summed E-state index contributed by atoms with van der Waals surface area (Å²) in [6.45, 7) is 0. The molecule has 23 heavy (non-hydrogen) atoms. The number of aromatic carboxylic acids is 1. The largest absolute Gasteiger partial charge is 0.478 e. The number of carbonyl (C=O) groups is 2. The van der Waals surface area contributed by atoms with Crippen LogP contribution in [0.3, 0.4) is 0 Å². The van der Waals surface area contributed by atoms with Gasteiger partial charge in [-0.3, -0.25) is 4.79 Å². The van der Waals surface area contributed by atoms with Gasteiger partial charge in [0.05, 0.1) is 16.2 Å². The van der Waals surface area contributed by atoms with Crippen LogP contribution in [-0.2, 0) is 4.79 Å². The van der Waals surface area contributed by atoms with Crippen molar-refractivity contribution in [3.63, 3.8) is 0 Å². The maximum Gasteiger partial charge on any atom is 0.335 e. The number of aliphatic imine (C=N–C) groups is 1. The predicted molar refractivity (Wildman–Crippen MR) is 90.6 cm³/mol. The first kappa shape index (κ1) is 15.1. The number of rotatable bonds is 3. The number of benzene rings is 2. The average molecular weight is 324 g/mol. The number of thioether (sulfide) groups is 1. The van der Waals surface area contributed by atoms with Crippen molar-refractivity contribution in [1.82, 2.24) is 5.32 Å². The molecule has 3 rings (SSSR count). The third-order valence-corrected chi connectivity index (χ3v) is 3.98. The summed E-state index contributed by atoms with van der Waals surface area (Å²) in [5.41, 5.74) is 1.59. The molecule has 0 spiro atoms. The van der Waals surface area contributed by atoms with E-state index in [1.807, 2.05) is 30.3 Å². The number of nitrogens with one attached hydrogen (secondary N) is 1. The summed E-state index contributed by atoms with van der Waals surface area (Å²) in [4.78, 5) is 27.8. The van der Waals surface area contributed by atoms with Crippen LogP contribution in [0.4, 0.5) is 5.69 Å². The standard InChI is InChI=1S/C17H12N2O3S/c20-15-14(10-11-5-4-6-12(9-11)16(21)22)23-17(19-15)18-13-7-2-1-3-8-13/h1-10H,(H,21,22)(H,18,19,20)/b14-10-. The Balaban J connectivity index is 1.84. The highest BCUT2D eigenvalue weighted by Gasteiger charge is 2.23. The lowest BCUT2D eigenvalue weighted by Crippen LogP contribution is -2.19. The van der Waals surface area contributed by atoms with Gasteiger partial charge in [0.25, 0.3) is 5.91 Å². The molecule has 0 saturated carbocycles. The van der Waals surface area contributed by atoms with Crippen LogP contribution >= 0.6 is 11.8 Å². The molecule has 6 heteroatoms. The van der Waals surface area contributed by atoms with Crippen LogP contribution < -0.4 is 5.32 Å². The molecule has 114 valence electrons. The summed E-state index contributed by atoms with van der Waals surface area (Å²) >= 11 is 1.23. The van der Waals surface area contributed by atoms with Crippen molar-refractivity contribution in [2.45, 2.75) is 0 Å². The second-order valence-corrected chi connectivity index (χ2v) is 5.78. The van der Waals surface area contributed by atoms with Gasteiger partial charge in [0.15, 0.2) is 5.17 Å². The summed E-state index contributed by atoms with van der Waals surface area (Å²) in [5.74, 6) is -1.24. The zero-order valence-electron chi connectivity index (χ0n) is 11.9. The van der Waals surface area contributed by atoms with Crippen LogP contribution in [0, 0.1) is 0 Å². The molecule has 1 aliphatic rings. The van der Waals surface area contributed by atoms with Gasteiger partial charge < -0.3 is 10.4 Å². The van der Waals surface area contributed by atoms with E-state index in [9.17, 15) is 9.59 Å². The van der Waals surface area contributed by atoms with Gasteiger partial charge in [-0.25, -0.2) is 9.79 Å². The Labute approximate surface area is 136 Å². The number of carbonyl (C=O) groups excluding carboxylic acids is 1. The van der Waals surface area contributed by atoms with Crippen LogP contribution in [0.15, 0.2) is 64.5 Å². The Bertz CT molecular complexity index is 829. The fraction of sp³-hybridized carbons (Fsp3) is 0. The molecule has 1 amide bonds. The quantitative estimate of drug-likeness (QED) is 0.849. The highest BCUT2D eigenvalue weighted by atomic mass is 32.2. The van der Waals surface area contributed by atoms with Crippen LogP contribution in [0.2, 0.25) is 0 Å². The zero-order chi connectivity index (χ0) is 16.2. The minimum absolute atomic E-state index is 0.181. The molecule has 2 N–H and O–H groups in total. The van der Waals surface area contributed by atoms with Crippen molar-refractivity contribution < 1.29 is 14.7 Å². The molecule has 0 bridgehead atoms. The summed E-state index contributed by atoms with van der Waals surface area (Å²) < 4.78 is 0. The Morgan fingerprint density at radius 2 is 1.91 bits per heavy atom. The second-order valence-electron chi connectivity index (χ2n) is 4.75. The van der Waals surface area contributed by atoms with E-state index in [4.69, 9.17) is 5.11 Å². The van der Waals surface area contributed by atoms with Gasteiger partial charge in [-0.1, -0.05) is 30.3 Å². The molecular weight excluding hydrogens is 312 g/mol. The van der Waals surface area contributed by atoms with E-state index in [0.717, 1.165) is 5.69 Å². The van der Waals surface area contributed by atoms with E-state index < -0.39 is 5.97 Å². The van der Waals surface area contributed by atoms with E-state index in [1.54, 1.807) is 18.2 Å². The van der Waals surface area contributed by atoms with E-state index in [0.29, 0.717) is 15.6 Å². The number of hydrogen-bond acceptors (Lipinski definition) is 4. The third kappa shape index (κ3) is 3.67. The molecule has 5 nitrogen and oxygen atoms in total. The maximum absolute atomic E-state index is 12.0. The molecule has 1 saturated heterocycles. The van der Waals surface area contributed by atoms with E-state index >= 15 is 0 Å². The molecule has 0 aromatic heterocycles. The average Bonchev–Trinajstić information content (AvgIpc) is 2.88. The third-order valence-electron chi connectivity index (χ3n) is 3.07. The van der Waals surface area contributed by atoms with Crippen molar-refractivity contribution in [2.75, 3.05) is 0 Å². The highest BCUT2D eigenvalue weighted by molar-refractivity contribution is 8.18. The van der Waals surface area contributed by atoms with Gasteiger partial charge in [-0.15, -0.1) is 0 Å². The molecule has 2 aromatic carbocycles. The molecule has 2 aromatic rings. The normalized spacial score (nSPS) is 17.5. The van der Waals surface area contributed by atoms with E-state index in [2.05, 4.69) is 10.3 Å². The Hall–Kier alpha value is -2.86. The molecule has 1 fully saturated rings. The van der Waals surface area contributed by atoms with Crippen molar-refractivity contribution >= 4 is 40.6 Å². The van der Waals surface area contributed by atoms with Crippen LogP contribution in [0.5, 0.6) is 0 Å². The monoisotopic (exact) mass is 324 g/mol. The first-order valence-electron chi connectivity index (χ1n) is 6.80. The van der Waals surface area contributed by atoms with E-state index in [-0.39, 0.29) is 11.5 Å². The number of amidine groups is 1. The van der Waals surface area contributed by atoms with Gasteiger partial charge in [0, 0.05) is 0 Å². The van der Waals surface area contributed by atoms with Crippen LogP contribution in [-0.4, -0.2) is 22.2 Å².